The number of hydrogen-bond acceptors (Lipinski definition) is 4. The Morgan fingerprint density at radius 3 is 2.23 bits per heavy atom. The van der Waals surface area contributed by atoms with Crippen molar-refractivity contribution in [2.24, 2.45) is 0 Å². The van der Waals surface area contributed by atoms with E-state index >= 15 is 0 Å². The normalized spacial score (nSPS) is 13.2. The van der Waals surface area contributed by atoms with Gasteiger partial charge in [0, 0.05) is 16.1 Å². The summed E-state index contributed by atoms with van der Waals surface area (Å²) in [6.45, 7) is 5.59. The molecule has 0 saturated carbocycles. The average molecular weight is 224 g/mol. The summed E-state index contributed by atoms with van der Waals surface area (Å²) < 4.78 is 26.6. The van der Waals surface area contributed by atoms with E-state index < -0.39 is 9.05 Å². The molecule has 0 aliphatic carbocycles. The number of rotatable bonds is 1. The van der Waals surface area contributed by atoms with Crippen LogP contribution in [0.5, 0.6) is 0 Å². The Morgan fingerprint density at radius 1 is 1.46 bits per heavy atom. The summed E-state index contributed by atoms with van der Waals surface area (Å²) >= 11 is 0. The second kappa shape index (κ2) is 2.99. The van der Waals surface area contributed by atoms with Crippen LogP contribution in [-0.4, -0.2) is 13.4 Å². The Morgan fingerprint density at radius 2 is 2.00 bits per heavy atom. The average Bonchev–Trinajstić information content (AvgIpc) is 2.28. The summed E-state index contributed by atoms with van der Waals surface area (Å²) in [7, 11) is 1.30. The molecule has 0 aromatic carbocycles. The van der Waals surface area contributed by atoms with Crippen LogP contribution >= 0.6 is 10.7 Å². The van der Waals surface area contributed by atoms with Gasteiger partial charge in [-0.1, -0.05) is 20.8 Å². The first-order valence-electron chi connectivity index (χ1n) is 3.62. The molecule has 0 aliphatic heterocycles. The van der Waals surface area contributed by atoms with Crippen molar-refractivity contribution in [3.05, 3.63) is 12.2 Å². The Kier molecular flexibility index (Phi) is 2.42. The van der Waals surface area contributed by atoms with Gasteiger partial charge in [-0.15, -0.1) is 0 Å². The lowest BCUT2D eigenvalue weighted by atomic mass is 9.97. The lowest BCUT2D eigenvalue weighted by molar-refractivity contribution is 0.392. The van der Waals surface area contributed by atoms with E-state index in [9.17, 15) is 8.42 Å². The van der Waals surface area contributed by atoms with Gasteiger partial charge in [-0.3, -0.25) is 0 Å². The molecule has 4 nitrogen and oxygen atoms in total. The summed E-state index contributed by atoms with van der Waals surface area (Å²) in [6.07, 6.45) is 1.04. The van der Waals surface area contributed by atoms with Gasteiger partial charge in [0.2, 0.25) is 10.9 Å². The van der Waals surface area contributed by atoms with E-state index in [4.69, 9.17) is 15.1 Å². The number of nitrogens with zero attached hydrogens (tertiary/aromatic N) is 1. The lowest BCUT2D eigenvalue weighted by Crippen LogP contribution is -2.11. The molecule has 1 rings (SSSR count). The number of aromatic nitrogens is 1. The molecule has 0 aliphatic rings. The van der Waals surface area contributed by atoms with E-state index in [0.29, 0.717) is 5.89 Å². The van der Waals surface area contributed by atoms with Gasteiger partial charge < -0.3 is 4.42 Å². The van der Waals surface area contributed by atoms with Crippen LogP contribution in [0.15, 0.2) is 15.7 Å². The van der Waals surface area contributed by atoms with Crippen molar-refractivity contribution >= 4 is 19.7 Å². The second-order valence-corrected chi connectivity index (χ2v) is 6.19. The zero-order valence-electron chi connectivity index (χ0n) is 7.54. The fraction of sp³-hybridized carbons (Fsp3) is 0.571. The number of halogens is 1. The predicted molar refractivity (Wildman–Crippen MR) is 48.2 cm³/mol. The topological polar surface area (TPSA) is 60.2 Å². The van der Waals surface area contributed by atoms with Crippen LogP contribution < -0.4 is 0 Å². The smallest absolute Gasteiger partial charge is 0.281 e. The fourth-order valence-corrected chi connectivity index (χ4v) is 1.28. The molecule has 0 bridgehead atoms. The molecule has 13 heavy (non-hydrogen) atoms. The van der Waals surface area contributed by atoms with E-state index in [1.54, 1.807) is 0 Å². The minimum absolute atomic E-state index is 0.237. The molecule has 1 aromatic rings. The fourth-order valence-electron chi connectivity index (χ4n) is 0.715. The molecule has 1 heterocycles. The molecule has 0 atom stereocenters. The molecule has 6 heteroatoms. The van der Waals surface area contributed by atoms with Crippen molar-refractivity contribution in [3.8, 4) is 0 Å². The standard InChI is InChI=1S/C7H10ClNO3S/c1-7(2,3)6-9-5(4-12-6)13(8,10)11/h4H,1-3H3. The maximum Gasteiger partial charge on any atom is 0.281 e. The molecule has 0 saturated heterocycles. The Hall–Kier alpha value is -0.550. The first-order chi connectivity index (χ1) is 5.71. The first kappa shape index (κ1) is 10.5. The van der Waals surface area contributed by atoms with Crippen molar-refractivity contribution in [1.29, 1.82) is 0 Å². The monoisotopic (exact) mass is 223 g/mol. The highest BCUT2D eigenvalue weighted by Gasteiger charge is 2.23. The van der Waals surface area contributed by atoms with Crippen LogP contribution in [0.1, 0.15) is 26.7 Å². The van der Waals surface area contributed by atoms with Gasteiger partial charge in [-0.05, 0) is 0 Å². The highest BCUT2D eigenvalue weighted by Crippen LogP contribution is 2.23. The van der Waals surface area contributed by atoms with Crippen molar-refractivity contribution in [1.82, 2.24) is 4.98 Å². The summed E-state index contributed by atoms with van der Waals surface area (Å²) in [5.41, 5.74) is -0.320. The second-order valence-electron chi connectivity index (χ2n) is 3.68. The van der Waals surface area contributed by atoms with E-state index in [1.165, 1.54) is 0 Å². The summed E-state index contributed by atoms with van der Waals surface area (Å²) in [5, 5.41) is -0.237. The van der Waals surface area contributed by atoms with Gasteiger partial charge in [-0.25, -0.2) is 13.4 Å². The van der Waals surface area contributed by atoms with Crippen LogP contribution in [0, 0.1) is 0 Å². The Bertz CT molecular complexity index is 402. The molecular formula is C7H10ClNO3S. The number of hydrogen-bond donors (Lipinski definition) is 0. The maximum atomic E-state index is 10.8. The third-order valence-electron chi connectivity index (χ3n) is 1.37. The highest BCUT2D eigenvalue weighted by molar-refractivity contribution is 8.13. The zero-order valence-corrected chi connectivity index (χ0v) is 9.11. The van der Waals surface area contributed by atoms with Gasteiger partial charge in [-0.2, -0.15) is 0 Å². The molecule has 0 N–H and O–H groups in total. The van der Waals surface area contributed by atoms with Gasteiger partial charge >= 0.3 is 0 Å². The van der Waals surface area contributed by atoms with Gasteiger partial charge in [0.1, 0.15) is 6.26 Å². The summed E-state index contributed by atoms with van der Waals surface area (Å²) in [6, 6.07) is 0. The van der Waals surface area contributed by atoms with Crippen LogP contribution in [0.2, 0.25) is 0 Å². The zero-order chi connectivity index (χ0) is 10.3. The van der Waals surface area contributed by atoms with Crippen LogP contribution in [-0.2, 0) is 14.5 Å². The molecule has 0 spiro atoms. The Balaban J connectivity index is 3.16. The minimum Gasteiger partial charge on any atom is -0.447 e. The Labute approximate surface area is 81.3 Å². The van der Waals surface area contributed by atoms with Crippen molar-refractivity contribution < 1.29 is 12.8 Å². The molecule has 1 aromatic heterocycles. The number of oxazole rings is 1. The highest BCUT2D eigenvalue weighted by atomic mass is 35.7. The van der Waals surface area contributed by atoms with Crippen molar-refractivity contribution in [2.75, 3.05) is 0 Å². The maximum absolute atomic E-state index is 10.8. The SMILES string of the molecule is CC(C)(C)c1nc(S(=O)(=O)Cl)co1. The van der Waals surface area contributed by atoms with Crippen molar-refractivity contribution in [2.45, 2.75) is 31.2 Å². The minimum atomic E-state index is -3.77. The van der Waals surface area contributed by atoms with Crippen molar-refractivity contribution in [3.63, 3.8) is 0 Å². The van der Waals surface area contributed by atoms with E-state index in [1.807, 2.05) is 20.8 Å². The van der Waals surface area contributed by atoms with E-state index in [-0.39, 0.29) is 10.4 Å². The van der Waals surface area contributed by atoms with Crippen LogP contribution in [0.3, 0.4) is 0 Å². The molecular weight excluding hydrogens is 214 g/mol. The largest absolute Gasteiger partial charge is 0.447 e. The molecule has 0 fully saturated rings. The first-order valence-corrected chi connectivity index (χ1v) is 5.93. The van der Waals surface area contributed by atoms with Gasteiger partial charge in [0.25, 0.3) is 9.05 Å². The molecule has 0 unspecified atom stereocenters. The van der Waals surface area contributed by atoms with Crippen LogP contribution in [0.4, 0.5) is 0 Å². The van der Waals surface area contributed by atoms with Crippen LogP contribution in [0.25, 0.3) is 0 Å². The van der Waals surface area contributed by atoms with Gasteiger partial charge in [0.05, 0.1) is 0 Å². The predicted octanol–water partition coefficient (Wildman–Crippen LogP) is 1.90. The van der Waals surface area contributed by atoms with E-state index in [2.05, 4.69) is 4.98 Å². The molecule has 0 amide bonds. The van der Waals surface area contributed by atoms with E-state index in [0.717, 1.165) is 6.26 Å². The summed E-state index contributed by atoms with van der Waals surface area (Å²) in [4.78, 5) is 3.77. The summed E-state index contributed by atoms with van der Waals surface area (Å²) in [5.74, 6) is 0.353. The third-order valence-corrected chi connectivity index (χ3v) is 2.54. The molecule has 74 valence electrons. The molecule has 0 radical (unpaired) electrons. The third kappa shape index (κ3) is 2.45. The quantitative estimate of drug-likeness (QED) is 0.683. The lowest BCUT2D eigenvalue weighted by Gasteiger charge is -2.11. The van der Waals surface area contributed by atoms with Gasteiger partial charge in [0.15, 0.2) is 0 Å².